The zero-order valence-corrected chi connectivity index (χ0v) is 9.97. The number of nitro groups is 1. The molecule has 2 N–H and O–H groups in total. The molecule has 0 heterocycles. The van der Waals surface area contributed by atoms with E-state index in [4.69, 9.17) is 5.73 Å². The second kappa shape index (κ2) is 5.04. The molecule has 0 saturated carbocycles. The Morgan fingerprint density at radius 3 is 2.20 bits per heavy atom. The lowest BCUT2D eigenvalue weighted by Crippen LogP contribution is -2.04. The molecule has 0 bridgehead atoms. The lowest BCUT2D eigenvalue weighted by atomic mass is 10.0. The van der Waals surface area contributed by atoms with Crippen LogP contribution in [0.15, 0.2) is 36.4 Å². The number of ketones is 1. The minimum Gasteiger partial charge on any atom is -0.393 e. The fraction of sp³-hybridized carbons (Fsp3) is 0. The predicted molar refractivity (Wildman–Crippen MR) is 67.3 cm³/mol. The molecule has 2 rings (SSSR count). The van der Waals surface area contributed by atoms with Crippen molar-refractivity contribution >= 4 is 17.2 Å². The summed E-state index contributed by atoms with van der Waals surface area (Å²) in [7, 11) is 0. The number of nitrogen functional groups attached to an aromatic ring is 1. The number of nitro benzene ring substituents is 1. The van der Waals surface area contributed by atoms with Gasteiger partial charge in [0.1, 0.15) is 5.69 Å². The van der Waals surface area contributed by atoms with Crippen molar-refractivity contribution in [1.82, 2.24) is 0 Å². The van der Waals surface area contributed by atoms with E-state index in [-0.39, 0.29) is 22.5 Å². The Morgan fingerprint density at radius 1 is 1.05 bits per heavy atom. The van der Waals surface area contributed by atoms with Gasteiger partial charge < -0.3 is 5.73 Å². The lowest BCUT2D eigenvalue weighted by molar-refractivity contribution is -0.383. The van der Waals surface area contributed by atoms with Gasteiger partial charge in [-0.2, -0.15) is 0 Å². The largest absolute Gasteiger partial charge is 0.393 e. The molecule has 0 atom stereocenters. The van der Waals surface area contributed by atoms with E-state index >= 15 is 0 Å². The summed E-state index contributed by atoms with van der Waals surface area (Å²) in [4.78, 5) is 22.0. The highest BCUT2D eigenvalue weighted by Gasteiger charge is 2.16. The van der Waals surface area contributed by atoms with Crippen LogP contribution in [0, 0.1) is 21.7 Å². The van der Waals surface area contributed by atoms with Crippen molar-refractivity contribution < 1.29 is 18.5 Å². The van der Waals surface area contributed by atoms with E-state index < -0.39 is 22.3 Å². The highest BCUT2D eigenvalue weighted by Crippen LogP contribution is 2.23. The monoisotopic (exact) mass is 278 g/mol. The summed E-state index contributed by atoms with van der Waals surface area (Å²) >= 11 is 0. The molecule has 0 spiro atoms. The number of anilines is 1. The SMILES string of the molecule is Nc1cc(C(=O)c2ccc(F)c(F)c2)ccc1[N+](=O)[O-]. The Kier molecular flexibility index (Phi) is 3.43. The highest BCUT2D eigenvalue weighted by molar-refractivity contribution is 6.09. The molecule has 7 heteroatoms. The fourth-order valence-corrected chi connectivity index (χ4v) is 1.67. The van der Waals surface area contributed by atoms with Crippen LogP contribution in [-0.2, 0) is 0 Å². The summed E-state index contributed by atoms with van der Waals surface area (Å²) in [5, 5.41) is 10.6. The zero-order valence-electron chi connectivity index (χ0n) is 9.97. The number of nitrogens with two attached hydrogens (primary N) is 1. The first-order valence-electron chi connectivity index (χ1n) is 5.44. The molecule has 0 aliphatic rings. The number of benzene rings is 2. The molecule has 0 saturated heterocycles. The van der Waals surface area contributed by atoms with Crippen molar-refractivity contribution in [3.05, 3.63) is 69.3 Å². The third-order valence-corrected chi connectivity index (χ3v) is 2.67. The van der Waals surface area contributed by atoms with Crippen molar-refractivity contribution in [1.29, 1.82) is 0 Å². The Labute approximate surface area is 111 Å². The Bertz CT molecular complexity index is 717. The predicted octanol–water partition coefficient (Wildman–Crippen LogP) is 2.69. The van der Waals surface area contributed by atoms with E-state index in [1.165, 1.54) is 6.07 Å². The second-order valence-corrected chi connectivity index (χ2v) is 3.99. The molecule has 0 radical (unpaired) electrons. The standard InChI is InChI=1S/C13H8F2N2O3/c14-9-3-1-7(5-10(9)15)13(18)8-2-4-12(17(19)20)11(16)6-8/h1-6H,16H2. The maximum atomic E-state index is 13.1. The molecule has 0 aliphatic heterocycles. The fourth-order valence-electron chi connectivity index (χ4n) is 1.67. The van der Waals surface area contributed by atoms with Gasteiger partial charge in [0, 0.05) is 17.2 Å². The number of carbonyl (C=O) groups is 1. The summed E-state index contributed by atoms with van der Waals surface area (Å²) < 4.78 is 25.9. The quantitative estimate of drug-likeness (QED) is 0.405. The van der Waals surface area contributed by atoms with Gasteiger partial charge in [0.2, 0.25) is 0 Å². The molecule has 20 heavy (non-hydrogen) atoms. The first kappa shape index (κ1) is 13.6. The van der Waals surface area contributed by atoms with E-state index in [2.05, 4.69) is 0 Å². The van der Waals surface area contributed by atoms with Gasteiger partial charge in [-0.3, -0.25) is 14.9 Å². The van der Waals surface area contributed by atoms with E-state index in [0.29, 0.717) is 0 Å². The second-order valence-electron chi connectivity index (χ2n) is 3.99. The van der Waals surface area contributed by atoms with Crippen LogP contribution < -0.4 is 5.73 Å². The van der Waals surface area contributed by atoms with Crippen LogP contribution >= 0.6 is 0 Å². The number of nitrogens with zero attached hydrogens (tertiary/aromatic N) is 1. The van der Waals surface area contributed by atoms with Crippen LogP contribution in [0.2, 0.25) is 0 Å². The van der Waals surface area contributed by atoms with Gasteiger partial charge in [-0.1, -0.05) is 0 Å². The Balaban J connectivity index is 2.41. The molecule has 0 fully saturated rings. The van der Waals surface area contributed by atoms with E-state index in [0.717, 1.165) is 30.3 Å². The minimum atomic E-state index is -1.15. The summed E-state index contributed by atoms with van der Waals surface area (Å²) in [6.45, 7) is 0. The lowest BCUT2D eigenvalue weighted by Gasteiger charge is -2.03. The van der Waals surface area contributed by atoms with Crippen LogP contribution in [-0.4, -0.2) is 10.7 Å². The highest BCUT2D eigenvalue weighted by atomic mass is 19.2. The topological polar surface area (TPSA) is 86.2 Å². The minimum absolute atomic E-state index is 0.0547. The molecule has 2 aromatic carbocycles. The summed E-state index contributed by atoms with van der Waals surface area (Å²) in [6.07, 6.45) is 0. The average molecular weight is 278 g/mol. The van der Waals surface area contributed by atoms with Gasteiger partial charge in [0.05, 0.1) is 4.92 Å². The van der Waals surface area contributed by atoms with Gasteiger partial charge >= 0.3 is 0 Å². The summed E-state index contributed by atoms with van der Waals surface area (Å²) in [5.74, 6) is -2.82. The Morgan fingerprint density at radius 2 is 1.65 bits per heavy atom. The molecule has 0 aromatic heterocycles. The van der Waals surface area contributed by atoms with Crippen LogP contribution in [0.1, 0.15) is 15.9 Å². The maximum absolute atomic E-state index is 13.1. The van der Waals surface area contributed by atoms with E-state index in [9.17, 15) is 23.7 Å². The van der Waals surface area contributed by atoms with E-state index in [1.54, 1.807) is 0 Å². The zero-order chi connectivity index (χ0) is 14.9. The van der Waals surface area contributed by atoms with Crippen molar-refractivity contribution in [2.75, 3.05) is 5.73 Å². The first-order valence-corrected chi connectivity index (χ1v) is 5.44. The van der Waals surface area contributed by atoms with Gasteiger partial charge in [-0.15, -0.1) is 0 Å². The van der Waals surface area contributed by atoms with Gasteiger partial charge in [0.15, 0.2) is 17.4 Å². The van der Waals surface area contributed by atoms with Crippen molar-refractivity contribution in [3.63, 3.8) is 0 Å². The first-order chi connectivity index (χ1) is 9.40. The Hall–Kier alpha value is -2.83. The van der Waals surface area contributed by atoms with Gasteiger partial charge in [-0.05, 0) is 30.3 Å². The molecule has 0 aliphatic carbocycles. The molecule has 102 valence electrons. The summed E-state index contributed by atoms with van der Waals surface area (Å²) in [6, 6.07) is 6.13. The summed E-state index contributed by atoms with van der Waals surface area (Å²) in [5.41, 5.74) is 4.94. The molecular formula is C13H8F2N2O3. The van der Waals surface area contributed by atoms with Crippen LogP contribution in [0.5, 0.6) is 0 Å². The van der Waals surface area contributed by atoms with Crippen LogP contribution in [0.25, 0.3) is 0 Å². The van der Waals surface area contributed by atoms with E-state index in [1.807, 2.05) is 0 Å². The third kappa shape index (κ3) is 2.46. The number of hydrogen-bond acceptors (Lipinski definition) is 4. The van der Waals surface area contributed by atoms with Gasteiger partial charge in [-0.25, -0.2) is 8.78 Å². The number of carbonyl (C=O) groups excluding carboxylic acids is 1. The average Bonchev–Trinajstić information content (AvgIpc) is 2.40. The van der Waals surface area contributed by atoms with Crippen molar-refractivity contribution in [2.24, 2.45) is 0 Å². The van der Waals surface area contributed by atoms with Crippen LogP contribution in [0.4, 0.5) is 20.2 Å². The molecule has 5 nitrogen and oxygen atoms in total. The molecule has 0 unspecified atom stereocenters. The number of hydrogen-bond donors (Lipinski definition) is 1. The third-order valence-electron chi connectivity index (χ3n) is 2.67. The van der Waals surface area contributed by atoms with Crippen molar-refractivity contribution in [2.45, 2.75) is 0 Å². The molecule has 2 aromatic rings. The number of rotatable bonds is 3. The maximum Gasteiger partial charge on any atom is 0.292 e. The van der Waals surface area contributed by atoms with Gasteiger partial charge in [0.25, 0.3) is 5.69 Å². The molecule has 0 amide bonds. The smallest absolute Gasteiger partial charge is 0.292 e. The normalized spacial score (nSPS) is 10.3. The number of halogens is 2. The molecular weight excluding hydrogens is 270 g/mol. The van der Waals surface area contributed by atoms with Crippen LogP contribution in [0.3, 0.4) is 0 Å². The van der Waals surface area contributed by atoms with Crippen molar-refractivity contribution in [3.8, 4) is 0 Å².